The number of nitrogens with zero attached hydrogens (tertiary/aromatic N) is 1. The van der Waals surface area contributed by atoms with Crippen LogP contribution in [0.25, 0.3) is 85.9 Å². The minimum absolute atomic E-state index is 1.11. The molecular formula is C54H35NS. The fourth-order valence-electron chi connectivity index (χ4n) is 8.49. The van der Waals surface area contributed by atoms with Crippen molar-refractivity contribution in [2.45, 2.75) is 0 Å². The predicted molar refractivity (Wildman–Crippen MR) is 243 cm³/mol. The smallest absolute Gasteiger partial charge is 0.0540 e. The largest absolute Gasteiger partial charge is 0.310 e. The van der Waals surface area contributed by atoms with Crippen LogP contribution in [0.3, 0.4) is 0 Å². The molecule has 10 aromatic carbocycles. The number of hydrogen-bond donors (Lipinski definition) is 0. The normalized spacial score (nSPS) is 11.6. The van der Waals surface area contributed by atoms with Gasteiger partial charge in [0.25, 0.3) is 0 Å². The van der Waals surface area contributed by atoms with Gasteiger partial charge in [-0.3, -0.25) is 0 Å². The van der Waals surface area contributed by atoms with Crippen molar-refractivity contribution in [2.24, 2.45) is 0 Å². The molecule has 11 rings (SSSR count). The minimum Gasteiger partial charge on any atom is -0.310 e. The molecule has 56 heavy (non-hydrogen) atoms. The Bertz CT molecular complexity index is 3230. The van der Waals surface area contributed by atoms with Gasteiger partial charge in [-0.05, 0) is 115 Å². The van der Waals surface area contributed by atoms with Gasteiger partial charge >= 0.3 is 0 Å². The van der Waals surface area contributed by atoms with Crippen molar-refractivity contribution in [3.8, 4) is 33.4 Å². The van der Waals surface area contributed by atoms with Gasteiger partial charge < -0.3 is 4.90 Å². The summed E-state index contributed by atoms with van der Waals surface area (Å²) in [4.78, 5) is 2.43. The number of rotatable bonds is 6. The van der Waals surface area contributed by atoms with E-state index in [-0.39, 0.29) is 0 Å². The molecule has 1 heterocycles. The van der Waals surface area contributed by atoms with Crippen LogP contribution in [0, 0.1) is 0 Å². The van der Waals surface area contributed by atoms with Gasteiger partial charge in [0.05, 0.1) is 5.69 Å². The van der Waals surface area contributed by atoms with Crippen LogP contribution in [0.5, 0.6) is 0 Å². The van der Waals surface area contributed by atoms with Gasteiger partial charge in [0.2, 0.25) is 0 Å². The zero-order valence-electron chi connectivity index (χ0n) is 30.6. The molecular weight excluding hydrogens is 695 g/mol. The first-order valence-corrected chi connectivity index (χ1v) is 20.0. The molecule has 0 aliphatic heterocycles. The van der Waals surface area contributed by atoms with Gasteiger partial charge in [0.1, 0.15) is 0 Å². The van der Waals surface area contributed by atoms with Gasteiger partial charge in [-0.1, -0.05) is 158 Å². The van der Waals surface area contributed by atoms with E-state index in [1.54, 1.807) is 0 Å². The van der Waals surface area contributed by atoms with E-state index in [0.717, 1.165) is 17.1 Å². The second-order valence-electron chi connectivity index (χ2n) is 14.5. The van der Waals surface area contributed by atoms with Gasteiger partial charge in [-0.15, -0.1) is 11.3 Å². The topological polar surface area (TPSA) is 3.24 Å². The first kappa shape index (κ1) is 32.4. The van der Waals surface area contributed by atoms with Crippen LogP contribution in [0.2, 0.25) is 0 Å². The van der Waals surface area contributed by atoms with Crippen LogP contribution in [-0.2, 0) is 0 Å². The van der Waals surface area contributed by atoms with E-state index in [9.17, 15) is 0 Å². The lowest BCUT2D eigenvalue weighted by Gasteiger charge is -2.28. The van der Waals surface area contributed by atoms with Crippen molar-refractivity contribution in [3.63, 3.8) is 0 Å². The quantitative estimate of drug-likeness (QED) is 0.154. The highest BCUT2D eigenvalue weighted by Gasteiger charge is 2.19. The first-order chi connectivity index (χ1) is 27.7. The van der Waals surface area contributed by atoms with E-state index < -0.39 is 0 Å². The van der Waals surface area contributed by atoms with Crippen LogP contribution < -0.4 is 4.90 Å². The Kier molecular flexibility index (Phi) is 7.75. The predicted octanol–water partition coefficient (Wildman–Crippen LogP) is 16.0. The van der Waals surface area contributed by atoms with Crippen molar-refractivity contribution < 1.29 is 0 Å². The molecule has 0 aliphatic carbocycles. The number of hydrogen-bond acceptors (Lipinski definition) is 2. The highest BCUT2D eigenvalue weighted by atomic mass is 32.1. The Morgan fingerprint density at radius 1 is 0.286 bits per heavy atom. The Morgan fingerprint density at radius 2 is 0.839 bits per heavy atom. The standard InChI is InChI=1S/C54H35NS/c1-2-12-36(13-3-1)37-26-28-43(29-27-37)55(44-30-31-53-51(35-44)50-32-40-14-4-5-15-41(40)34-54(50)56-53)52-21-11-10-18-46(52)38-22-24-39(25-23-38)49-33-42-16-6-7-17-45(42)47-19-8-9-20-48(47)49/h1-35H. The molecule has 0 spiro atoms. The number of fused-ring (bicyclic) bond motifs is 7. The summed E-state index contributed by atoms with van der Waals surface area (Å²) in [5.74, 6) is 0. The molecule has 0 bridgehead atoms. The van der Waals surface area contributed by atoms with Gasteiger partial charge in [-0.25, -0.2) is 0 Å². The Balaban J connectivity index is 1.06. The summed E-state index contributed by atoms with van der Waals surface area (Å²) >= 11 is 1.87. The van der Waals surface area contributed by atoms with Crippen molar-refractivity contribution in [3.05, 3.63) is 212 Å². The molecule has 0 saturated carbocycles. The Labute approximate surface area is 330 Å². The highest BCUT2D eigenvalue weighted by Crippen LogP contribution is 2.45. The first-order valence-electron chi connectivity index (χ1n) is 19.2. The van der Waals surface area contributed by atoms with E-state index in [1.807, 2.05) is 11.3 Å². The molecule has 1 aromatic heterocycles. The number of benzene rings is 10. The molecule has 1 nitrogen and oxygen atoms in total. The van der Waals surface area contributed by atoms with E-state index in [4.69, 9.17) is 0 Å². The monoisotopic (exact) mass is 729 g/mol. The summed E-state index contributed by atoms with van der Waals surface area (Å²) in [6.45, 7) is 0. The molecule has 262 valence electrons. The van der Waals surface area contributed by atoms with Crippen LogP contribution in [-0.4, -0.2) is 0 Å². The fourth-order valence-corrected chi connectivity index (χ4v) is 9.60. The third-order valence-corrected chi connectivity index (χ3v) is 12.4. The zero-order chi connectivity index (χ0) is 37.0. The van der Waals surface area contributed by atoms with Crippen LogP contribution in [0.1, 0.15) is 0 Å². The summed E-state index contributed by atoms with van der Waals surface area (Å²) < 4.78 is 2.61. The van der Waals surface area contributed by atoms with Gasteiger partial charge in [0.15, 0.2) is 0 Å². The molecule has 0 fully saturated rings. The molecule has 0 amide bonds. The highest BCUT2D eigenvalue weighted by molar-refractivity contribution is 7.25. The SMILES string of the molecule is c1ccc(-c2ccc(N(c3ccc4sc5cc6ccccc6cc5c4c3)c3ccccc3-c3ccc(-c4cc5ccccc5c5ccccc45)cc3)cc2)cc1. The second-order valence-corrected chi connectivity index (χ2v) is 15.6. The lowest BCUT2D eigenvalue weighted by Crippen LogP contribution is -2.11. The second kappa shape index (κ2) is 13.4. The molecule has 0 aliphatic rings. The zero-order valence-corrected chi connectivity index (χ0v) is 31.4. The van der Waals surface area contributed by atoms with E-state index in [1.165, 1.54) is 85.9 Å². The van der Waals surface area contributed by atoms with Crippen LogP contribution in [0.15, 0.2) is 212 Å². The van der Waals surface area contributed by atoms with Gasteiger partial charge in [-0.2, -0.15) is 0 Å². The molecule has 2 heteroatoms. The van der Waals surface area contributed by atoms with Crippen LogP contribution in [0.4, 0.5) is 17.1 Å². The van der Waals surface area contributed by atoms with Crippen molar-refractivity contribution in [2.75, 3.05) is 4.90 Å². The number of thiophene rings is 1. The molecule has 0 saturated heterocycles. The van der Waals surface area contributed by atoms with Crippen molar-refractivity contribution in [1.29, 1.82) is 0 Å². The molecule has 0 atom stereocenters. The Hall–Kier alpha value is -7.00. The lowest BCUT2D eigenvalue weighted by atomic mass is 9.92. The summed E-state index contributed by atoms with van der Waals surface area (Å²) in [5.41, 5.74) is 10.6. The van der Waals surface area contributed by atoms with Crippen molar-refractivity contribution in [1.82, 2.24) is 0 Å². The molecule has 11 aromatic rings. The summed E-state index contributed by atoms with van der Waals surface area (Å²) in [6.07, 6.45) is 0. The lowest BCUT2D eigenvalue weighted by molar-refractivity contribution is 1.29. The van der Waals surface area contributed by atoms with Crippen molar-refractivity contribution >= 4 is 80.9 Å². The van der Waals surface area contributed by atoms with Gasteiger partial charge in [0, 0.05) is 37.1 Å². The van der Waals surface area contributed by atoms with Crippen LogP contribution >= 0.6 is 11.3 Å². The number of para-hydroxylation sites is 1. The molecule has 0 radical (unpaired) electrons. The van der Waals surface area contributed by atoms with E-state index in [2.05, 4.69) is 217 Å². The maximum absolute atomic E-state index is 2.43. The van der Waals surface area contributed by atoms with E-state index in [0.29, 0.717) is 0 Å². The molecule has 0 unspecified atom stereocenters. The van der Waals surface area contributed by atoms with E-state index >= 15 is 0 Å². The minimum atomic E-state index is 1.11. The Morgan fingerprint density at radius 3 is 1.62 bits per heavy atom. The maximum atomic E-state index is 2.43. The third kappa shape index (κ3) is 5.54. The maximum Gasteiger partial charge on any atom is 0.0540 e. The average molecular weight is 730 g/mol. The number of anilines is 3. The summed E-state index contributed by atoms with van der Waals surface area (Å²) in [7, 11) is 0. The summed E-state index contributed by atoms with van der Waals surface area (Å²) in [6, 6.07) is 77.8. The fraction of sp³-hybridized carbons (Fsp3) is 0. The molecule has 0 N–H and O–H groups in total. The summed E-state index contributed by atoms with van der Waals surface area (Å²) in [5, 5.41) is 10.2. The average Bonchev–Trinajstić information content (AvgIpc) is 3.63. The third-order valence-electron chi connectivity index (χ3n) is 11.2.